The predicted molar refractivity (Wildman–Crippen MR) is 72.7 cm³/mol. The summed E-state index contributed by atoms with van der Waals surface area (Å²) in [6, 6.07) is 9.25. The zero-order valence-electron chi connectivity index (χ0n) is 10.9. The smallest absolute Gasteiger partial charge is 0.0216 e. The van der Waals surface area contributed by atoms with Crippen LogP contribution in [-0.4, -0.2) is 6.04 Å². The molecule has 0 bridgehead atoms. The third-order valence-electron chi connectivity index (χ3n) is 3.86. The van der Waals surface area contributed by atoms with E-state index in [0.29, 0.717) is 6.04 Å². The topological polar surface area (TPSA) is 38.0 Å². The van der Waals surface area contributed by atoms with Gasteiger partial charge in [-0.2, -0.15) is 0 Å². The summed E-state index contributed by atoms with van der Waals surface area (Å²) in [6.07, 6.45) is 4.85. The molecule has 0 radical (unpaired) electrons. The Morgan fingerprint density at radius 3 is 2.71 bits per heavy atom. The van der Waals surface area contributed by atoms with Crippen LogP contribution in [0.25, 0.3) is 0 Å². The predicted octanol–water partition coefficient (Wildman–Crippen LogP) is 2.98. The Kier molecular flexibility index (Phi) is 4.19. The van der Waals surface area contributed by atoms with Crippen LogP contribution >= 0.6 is 0 Å². The molecule has 0 heterocycles. The summed E-state index contributed by atoms with van der Waals surface area (Å²) in [5.74, 6) is 7.14. The molecule has 1 aromatic carbocycles. The zero-order valence-corrected chi connectivity index (χ0v) is 10.9. The Morgan fingerprint density at radius 1 is 1.29 bits per heavy atom. The van der Waals surface area contributed by atoms with E-state index in [9.17, 15) is 0 Å². The lowest BCUT2D eigenvalue weighted by Gasteiger charge is -2.33. The summed E-state index contributed by atoms with van der Waals surface area (Å²) >= 11 is 0. The van der Waals surface area contributed by atoms with E-state index in [0.717, 1.165) is 11.8 Å². The standard InChI is InChI=1S/C15H24N2/c1-11(2)7-8-14(17-16)10-13-9-12-5-3-4-6-15(12)13/h3-6,11,13-14,17H,7-10,16H2,1-2H3. The molecule has 2 rings (SSSR count). The minimum atomic E-state index is 0.468. The second kappa shape index (κ2) is 5.65. The van der Waals surface area contributed by atoms with Crippen molar-refractivity contribution in [3.05, 3.63) is 35.4 Å². The fourth-order valence-electron chi connectivity index (χ4n) is 2.72. The highest BCUT2D eigenvalue weighted by atomic mass is 15.2. The monoisotopic (exact) mass is 232 g/mol. The molecule has 0 saturated heterocycles. The SMILES string of the molecule is CC(C)CCC(CC1Cc2ccccc21)NN. The summed E-state index contributed by atoms with van der Waals surface area (Å²) < 4.78 is 0. The third kappa shape index (κ3) is 3.08. The number of nitrogens with two attached hydrogens (primary N) is 1. The third-order valence-corrected chi connectivity index (χ3v) is 3.86. The lowest BCUT2D eigenvalue weighted by Crippen LogP contribution is -2.38. The summed E-state index contributed by atoms with van der Waals surface area (Å²) in [4.78, 5) is 0. The molecule has 0 amide bonds. The minimum absolute atomic E-state index is 0.468. The summed E-state index contributed by atoms with van der Waals surface area (Å²) in [6.45, 7) is 4.54. The maximum Gasteiger partial charge on any atom is 0.0216 e. The molecule has 0 spiro atoms. The molecule has 0 aliphatic heterocycles. The van der Waals surface area contributed by atoms with E-state index in [4.69, 9.17) is 5.84 Å². The van der Waals surface area contributed by atoms with Crippen molar-refractivity contribution in [3.63, 3.8) is 0 Å². The van der Waals surface area contributed by atoms with Gasteiger partial charge in [0.05, 0.1) is 0 Å². The van der Waals surface area contributed by atoms with E-state index in [1.165, 1.54) is 36.8 Å². The van der Waals surface area contributed by atoms with Gasteiger partial charge in [-0.15, -0.1) is 0 Å². The van der Waals surface area contributed by atoms with Gasteiger partial charge in [-0.25, -0.2) is 0 Å². The van der Waals surface area contributed by atoms with Crippen molar-refractivity contribution in [2.24, 2.45) is 11.8 Å². The van der Waals surface area contributed by atoms with Crippen LogP contribution in [0.4, 0.5) is 0 Å². The normalized spacial score (nSPS) is 19.9. The first kappa shape index (κ1) is 12.6. The fourth-order valence-corrected chi connectivity index (χ4v) is 2.72. The second-order valence-electron chi connectivity index (χ2n) is 5.67. The minimum Gasteiger partial charge on any atom is -0.271 e. The summed E-state index contributed by atoms with van der Waals surface area (Å²) in [5.41, 5.74) is 6.05. The van der Waals surface area contributed by atoms with Crippen LogP contribution in [0.2, 0.25) is 0 Å². The van der Waals surface area contributed by atoms with E-state index in [-0.39, 0.29) is 0 Å². The van der Waals surface area contributed by atoms with E-state index in [1.807, 2.05) is 0 Å². The first-order valence-corrected chi connectivity index (χ1v) is 6.74. The fraction of sp³-hybridized carbons (Fsp3) is 0.600. The van der Waals surface area contributed by atoms with Crippen LogP contribution in [0.1, 0.15) is 50.2 Å². The molecule has 94 valence electrons. The average molecular weight is 232 g/mol. The van der Waals surface area contributed by atoms with Gasteiger partial charge in [0.1, 0.15) is 0 Å². The summed E-state index contributed by atoms with van der Waals surface area (Å²) in [7, 11) is 0. The maximum atomic E-state index is 5.66. The van der Waals surface area contributed by atoms with Crippen molar-refractivity contribution in [2.75, 3.05) is 0 Å². The molecule has 1 aliphatic carbocycles. The molecule has 2 heteroatoms. The lowest BCUT2D eigenvalue weighted by atomic mass is 9.74. The van der Waals surface area contributed by atoms with Crippen LogP contribution in [0, 0.1) is 5.92 Å². The quantitative estimate of drug-likeness (QED) is 0.584. The Morgan fingerprint density at radius 2 is 2.06 bits per heavy atom. The first-order chi connectivity index (χ1) is 8.20. The van der Waals surface area contributed by atoms with E-state index < -0.39 is 0 Å². The van der Waals surface area contributed by atoms with E-state index in [1.54, 1.807) is 0 Å². The number of benzene rings is 1. The molecule has 17 heavy (non-hydrogen) atoms. The Balaban J connectivity index is 1.85. The van der Waals surface area contributed by atoms with E-state index >= 15 is 0 Å². The van der Waals surface area contributed by atoms with Crippen LogP contribution in [0.15, 0.2) is 24.3 Å². The Bertz CT molecular complexity index is 360. The number of nitrogens with one attached hydrogen (secondary N) is 1. The summed E-state index contributed by atoms with van der Waals surface area (Å²) in [5, 5.41) is 0. The molecule has 2 nitrogen and oxygen atoms in total. The Hall–Kier alpha value is -0.860. The van der Waals surface area contributed by atoms with Gasteiger partial charge in [-0.05, 0) is 48.6 Å². The van der Waals surface area contributed by atoms with Crippen molar-refractivity contribution in [1.29, 1.82) is 0 Å². The molecule has 0 fully saturated rings. The maximum absolute atomic E-state index is 5.66. The number of hydrazine groups is 1. The molecule has 0 aromatic heterocycles. The molecule has 2 unspecified atom stereocenters. The van der Waals surface area contributed by atoms with Gasteiger partial charge in [0.15, 0.2) is 0 Å². The number of fused-ring (bicyclic) bond motifs is 1. The zero-order chi connectivity index (χ0) is 12.3. The molecular weight excluding hydrogens is 208 g/mol. The highest BCUT2D eigenvalue weighted by Crippen LogP contribution is 2.38. The van der Waals surface area contributed by atoms with Crippen molar-refractivity contribution in [1.82, 2.24) is 5.43 Å². The largest absolute Gasteiger partial charge is 0.271 e. The molecule has 3 N–H and O–H groups in total. The number of hydrogen-bond donors (Lipinski definition) is 2. The average Bonchev–Trinajstić information content (AvgIpc) is 2.29. The molecule has 0 saturated carbocycles. The Labute approximate surface area is 105 Å². The van der Waals surface area contributed by atoms with Gasteiger partial charge in [0.25, 0.3) is 0 Å². The van der Waals surface area contributed by atoms with Gasteiger partial charge in [-0.1, -0.05) is 38.1 Å². The number of hydrogen-bond acceptors (Lipinski definition) is 2. The second-order valence-corrected chi connectivity index (χ2v) is 5.67. The first-order valence-electron chi connectivity index (χ1n) is 6.74. The van der Waals surface area contributed by atoms with Crippen molar-refractivity contribution < 1.29 is 0 Å². The van der Waals surface area contributed by atoms with Gasteiger partial charge in [0.2, 0.25) is 0 Å². The van der Waals surface area contributed by atoms with Crippen LogP contribution in [0.5, 0.6) is 0 Å². The highest BCUT2D eigenvalue weighted by molar-refractivity contribution is 5.39. The van der Waals surface area contributed by atoms with Gasteiger partial charge >= 0.3 is 0 Å². The van der Waals surface area contributed by atoms with Crippen molar-refractivity contribution in [2.45, 2.75) is 51.5 Å². The van der Waals surface area contributed by atoms with Crippen LogP contribution in [-0.2, 0) is 6.42 Å². The van der Waals surface area contributed by atoms with Crippen LogP contribution < -0.4 is 11.3 Å². The van der Waals surface area contributed by atoms with Gasteiger partial charge in [-0.3, -0.25) is 11.3 Å². The van der Waals surface area contributed by atoms with Gasteiger partial charge < -0.3 is 0 Å². The van der Waals surface area contributed by atoms with E-state index in [2.05, 4.69) is 43.5 Å². The van der Waals surface area contributed by atoms with Gasteiger partial charge in [0, 0.05) is 6.04 Å². The highest BCUT2D eigenvalue weighted by Gasteiger charge is 2.27. The van der Waals surface area contributed by atoms with Crippen molar-refractivity contribution >= 4 is 0 Å². The molecular formula is C15H24N2. The van der Waals surface area contributed by atoms with Crippen LogP contribution in [0.3, 0.4) is 0 Å². The molecule has 1 aliphatic rings. The molecule has 2 atom stereocenters. The lowest BCUT2D eigenvalue weighted by molar-refractivity contribution is 0.376. The van der Waals surface area contributed by atoms with Crippen molar-refractivity contribution in [3.8, 4) is 0 Å². The molecule has 1 aromatic rings. The number of rotatable bonds is 6.